The predicted molar refractivity (Wildman–Crippen MR) is 96.0 cm³/mol. The van der Waals surface area contributed by atoms with E-state index in [1.165, 1.54) is 0 Å². The largest absolute Gasteiger partial charge is 0.416 e. The molecule has 2 fully saturated rings. The van der Waals surface area contributed by atoms with E-state index < -0.39 is 23.1 Å². The van der Waals surface area contributed by atoms with Crippen LogP contribution in [0.1, 0.15) is 25.3 Å². The second-order valence-electron chi connectivity index (χ2n) is 6.88. The maximum absolute atomic E-state index is 13.0. The van der Waals surface area contributed by atoms with Gasteiger partial charge in [-0.2, -0.15) is 18.2 Å². The third-order valence-electron chi connectivity index (χ3n) is 4.86. The Labute approximate surface area is 156 Å². The van der Waals surface area contributed by atoms with Crippen molar-refractivity contribution in [3.63, 3.8) is 0 Å². The van der Waals surface area contributed by atoms with Crippen LogP contribution in [0.25, 0.3) is 10.1 Å². The molecule has 2 aromatic rings. The number of ether oxygens (including phenoxy) is 2. The number of benzene rings is 1. The fraction of sp³-hybridized carbons (Fsp3) is 0.529. The summed E-state index contributed by atoms with van der Waals surface area (Å²) in [7, 11) is 0. The van der Waals surface area contributed by atoms with E-state index in [-0.39, 0.29) is 17.2 Å². The molecule has 1 aromatic heterocycles. The first-order valence-corrected chi connectivity index (χ1v) is 9.37. The number of aromatic nitrogens is 1. The van der Waals surface area contributed by atoms with Crippen molar-refractivity contribution in [2.24, 2.45) is 0 Å². The van der Waals surface area contributed by atoms with E-state index in [9.17, 15) is 18.0 Å². The fourth-order valence-corrected chi connectivity index (χ4v) is 4.54. The molecule has 0 amide bonds. The zero-order chi connectivity index (χ0) is 19.4. The van der Waals surface area contributed by atoms with Crippen LogP contribution >= 0.6 is 11.3 Å². The lowest BCUT2D eigenvalue weighted by Crippen LogP contribution is -2.45. The highest BCUT2D eigenvalue weighted by molar-refractivity contribution is 7.22. The van der Waals surface area contributed by atoms with Crippen molar-refractivity contribution in [1.29, 1.82) is 0 Å². The summed E-state index contributed by atoms with van der Waals surface area (Å²) in [4.78, 5) is 18.3. The summed E-state index contributed by atoms with van der Waals surface area (Å²) in [5, 5.41) is 0.334. The Hall–Kier alpha value is -1.91. The van der Waals surface area contributed by atoms with Crippen molar-refractivity contribution in [2.75, 3.05) is 30.3 Å². The maximum Gasteiger partial charge on any atom is 0.416 e. The van der Waals surface area contributed by atoms with E-state index in [0.717, 1.165) is 23.5 Å². The van der Waals surface area contributed by atoms with Crippen LogP contribution in [0.4, 0.5) is 24.0 Å². The van der Waals surface area contributed by atoms with Gasteiger partial charge in [-0.05, 0) is 19.1 Å². The molecule has 0 radical (unpaired) electrons. The molecule has 0 bridgehead atoms. The molecular weight excluding hydrogens is 383 g/mol. The average molecular weight is 401 g/mol. The number of piperidine rings is 1. The summed E-state index contributed by atoms with van der Waals surface area (Å²) in [5.41, 5.74) is 4.08. The van der Waals surface area contributed by atoms with Gasteiger partial charge < -0.3 is 20.1 Å². The normalized spacial score (nSPS) is 22.7. The minimum Gasteiger partial charge on any atom is -0.398 e. The molecule has 2 aliphatic heterocycles. The fourth-order valence-electron chi connectivity index (χ4n) is 3.49. The Morgan fingerprint density at radius 2 is 2.04 bits per heavy atom. The van der Waals surface area contributed by atoms with Gasteiger partial charge in [-0.1, -0.05) is 11.3 Å². The van der Waals surface area contributed by atoms with Crippen molar-refractivity contribution in [1.82, 2.24) is 4.98 Å². The van der Waals surface area contributed by atoms with Crippen molar-refractivity contribution in [3.8, 4) is 0 Å². The summed E-state index contributed by atoms with van der Waals surface area (Å²) < 4.78 is 50.9. The van der Waals surface area contributed by atoms with Crippen molar-refractivity contribution >= 4 is 32.2 Å². The van der Waals surface area contributed by atoms with Crippen molar-refractivity contribution in [3.05, 3.63) is 28.0 Å². The number of nitrogens with two attached hydrogens (primary N) is 1. The summed E-state index contributed by atoms with van der Waals surface area (Å²) in [6, 6.07) is 1.67. The number of halogens is 3. The number of anilines is 2. The van der Waals surface area contributed by atoms with E-state index >= 15 is 0 Å². The molecule has 10 heteroatoms. The lowest BCUT2D eigenvalue weighted by atomic mass is 10.0. The molecule has 1 unspecified atom stereocenters. The van der Waals surface area contributed by atoms with Crippen LogP contribution in [0.15, 0.2) is 16.9 Å². The molecule has 3 heterocycles. The van der Waals surface area contributed by atoms with E-state index in [4.69, 9.17) is 15.2 Å². The monoisotopic (exact) mass is 401 g/mol. The highest BCUT2D eigenvalue weighted by Crippen LogP contribution is 2.38. The van der Waals surface area contributed by atoms with Crippen molar-refractivity contribution < 1.29 is 22.6 Å². The summed E-state index contributed by atoms with van der Waals surface area (Å²) in [6.07, 6.45) is -3.27. The highest BCUT2D eigenvalue weighted by Gasteiger charge is 2.43. The van der Waals surface area contributed by atoms with E-state index in [1.807, 2.05) is 11.8 Å². The number of nitrogens with zero attached hydrogens (tertiary/aromatic N) is 2. The first-order valence-electron chi connectivity index (χ1n) is 8.55. The van der Waals surface area contributed by atoms with Crippen LogP contribution in [-0.4, -0.2) is 36.6 Å². The molecule has 1 atom stereocenters. The smallest absolute Gasteiger partial charge is 0.398 e. The Kier molecular flexibility index (Phi) is 4.32. The van der Waals surface area contributed by atoms with Crippen molar-refractivity contribution in [2.45, 2.75) is 37.8 Å². The lowest BCUT2D eigenvalue weighted by molar-refractivity contribution is -0.178. The van der Waals surface area contributed by atoms with Crippen LogP contribution < -0.4 is 16.2 Å². The van der Waals surface area contributed by atoms with E-state index in [0.29, 0.717) is 42.4 Å². The van der Waals surface area contributed by atoms with Crippen LogP contribution in [0.5, 0.6) is 0 Å². The Bertz CT molecular complexity index is 939. The van der Waals surface area contributed by atoms with Gasteiger partial charge in [0.25, 0.3) is 5.56 Å². The van der Waals surface area contributed by atoms with Gasteiger partial charge in [0.15, 0.2) is 10.9 Å². The van der Waals surface area contributed by atoms with Gasteiger partial charge >= 0.3 is 6.18 Å². The van der Waals surface area contributed by atoms with Crippen LogP contribution in [0, 0.1) is 0 Å². The SMILES string of the molecule is CC1COC2(CCN(c3nc(=O)c4cc(C(F)(F)F)cc(N)c4s3)CC2)O1. The maximum atomic E-state index is 13.0. The number of rotatable bonds is 1. The van der Waals surface area contributed by atoms with E-state index in [2.05, 4.69) is 4.98 Å². The predicted octanol–water partition coefficient (Wildman–Crippen LogP) is 2.99. The van der Waals surface area contributed by atoms with Crippen LogP contribution in [-0.2, 0) is 15.7 Å². The molecule has 146 valence electrons. The quantitative estimate of drug-likeness (QED) is 0.741. The summed E-state index contributed by atoms with van der Waals surface area (Å²) in [5.74, 6) is -0.585. The van der Waals surface area contributed by atoms with E-state index in [1.54, 1.807) is 0 Å². The van der Waals surface area contributed by atoms with Gasteiger partial charge in [0.05, 0.1) is 34.0 Å². The molecule has 27 heavy (non-hydrogen) atoms. The minimum atomic E-state index is -4.57. The standard InChI is InChI=1S/C17H18F3N3O3S/c1-9-8-25-16(26-9)2-4-23(5-3-16)15-22-14(24)11-6-10(17(18,19)20)7-12(21)13(11)27-15/h6-7,9H,2-5,8,21H2,1H3. The molecule has 2 N–H and O–H groups in total. The van der Waals surface area contributed by atoms with Gasteiger partial charge in [0.1, 0.15) is 0 Å². The number of nitrogen functional groups attached to an aromatic ring is 1. The number of hydrogen-bond donors (Lipinski definition) is 1. The van der Waals surface area contributed by atoms with Gasteiger partial charge in [-0.25, -0.2) is 0 Å². The first kappa shape index (κ1) is 18.5. The van der Waals surface area contributed by atoms with Crippen LogP contribution in [0.2, 0.25) is 0 Å². The Morgan fingerprint density at radius 1 is 1.33 bits per heavy atom. The van der Waals surface area contributed by atoms with Gasteiger partial charge in [-0.3, -0.25) is 4.79 Å². The molecule has 2 saturated heterocycles. The molecule has 0 aliphatic carbocycles. The summed E-state index contributed by atoms with van der Waals surface area (Å²) in [6.45, 7) is 3.65. The molecular formula is C17H18F3N3O3S. The third kappa shape index (κ3) is 3.37. The van der Waals surface area contributed by atoms with Gasteiger partial charge in [0.2, 0.25) is 0 Å². The zero-order valence-corrected chi connectivity index (χ0v) is 15.3. The average Bonchev–Trinajstić information content (AvgIpc) is 2.95. The second-order valence-corrected chi connectivity index (χ2v) is 7.86. The molecule has 6 nitrogen and oxygen atoms in total. The third-order valence-corrected chi connectivity index (χ3v) is 6.05. The number of fused-ring (bicyclic) bond motifs is 1. The molecule has 1 spiro atoms. The number of hydrogen-bond acceptors (Lipinski definition) is 7. The topological polar surface area (TPSA) is 77.7 Å². The minimum absolute atomic E-state index is 0.0500. The van der Waals surface area contributed by atoms with Gasteiger partial charge in [0, 0.05) is 25.9 Å². The molecule has 4 rings (SSSR count). The molecule has 2 aliphatic rings. The second kappa shape index (κ2) is 6.32. The highest BCUT2D eigenvalue weighted by atomic mass is 32.1. The first-order chi connectivity index (χ1) is 12.7. The molecule has 0 saturated carbocycles. The van der Waals surface area contributed by atoms with Gasteiger partial charge in [-0.15, -0.1) is 0 Å². The Balaban J connectivity index is 1.64. The van der Waals surface area contributed by atoms with Crippen LogP contribution in [0.3, 0.4) is 0 Å². The Morgan fingerprint density at radius 3 is 2.63 bits per heavy atom. The number of alkyl halides is 3. The lowest BCUT2D eigenvalue weighted by Gasteiger charge is -2.38. The zero-order valence-electron chi connectivity index (χ0n) is 14.5. The summed E-state index contributed by atoms with van der Waals surface area (Å²) >= 11 is 1.13. The molecule has 1 aromatic carbocycles.